The van der Waals surface area contributed by atoms with E-state index < -0.39 is 28.5 Å². The number of aryl methyl sites for hydroxylation is 1. The van der Waals surface area contributed by atoms with E-state index in [1.165, 1.54) is 38.4 Å². The van der Waals surface area contributed by atoms with Crippen LogP contribution in [0, 0.1) is 6.92 Å². The predicted octanol–water partition coefficient (Wildman–Crippen LogP) is 3.55. The first kappa shape index (κ1) is 22.0. The van der Waals surface area contributed by atoms with Crippen molar-refractivity contribution in [3.05, 3.63) is 58.3 Å². The number of fused-ring (bicyclic) bond motifs is 1. The molecular formula is C20H19BrN2O6S. The van der Waals surface area contributed by atoms with Gasteiger partial charge in [0.25, 0.3) is 5.91 Å². The molecule has 1 aromatic heterocycles. The van der Waals surface area contributed by atoms with Gasteiger partial charge in [0.05, 0.1) is 4.90 Å². The van der Waals surface area contributed by atoms with Gasteiger partial charge in [0.1, 0.15) is 5.58 Å². The first-order valence-corrected chi connectivity index (χ1v) is 11.0. The maximum Gasteiger partial charge on any atom is 0.375 e. The van der Waals surface area contributed by atoms with Crippen LogP contribution >= 0.6 is 15.9 Å². The van der Waals surface area contributed by atoms with Crippen molar-refractivity contribution in [1.82, 2.24) is 4.31 Å². The Hall–Kier alpha value is -2.69. The number of benzene rings is 2. The molecule has 10 heteroatoms. The number of nitrogens with zero attached hydrogens (tertiary/aromatic N) is 1. The molecule has 0 fully saturated rings. The van der Waals surface area contributed by atoms with Crippen molar-refractivity contribution in [1.29, 1.82) is 0 Å². The van der Waals surface area contributed by atoms with E-state index in [0.717, 1.165) is 14.2 Å². The van der Waals surface area contributed by atoms with E-state index in [-0.39, 0.29) is 16.3 Å². The second-order valence-corrected chi connectivity index (χ2v) is 9.70. The molecule has 158 valence electrons. The number of halogens is 1. The Kier molecular flexibility index (Phi) is 6.30. The van der Waals surface area contributed by atoms with Crippen LogP contribution < -0.4 is 5.32 Å². The molecule has 0 aliphatic rings. The fourth-order valence-electron chi connectivity index (χ4n) is 2.73. The normalized spacial score (nSPS) is 11.6. The maximum absolute atomic E-state index is 12.3. The van der Waals surface area contributed by atoms with E-state index in [2.05, 4.69) is 21.2 Å². The van der Waals surface area contributed by atoms with E-state index in [0.29, 0.717) is 11.1 Å². The molecule has 3 aromatic rings. The molecule has 0 unspecified atom stereocenters. The molecule has 0 spiro atoms. The number of nitrogens with one attached hydrogen (secondary N) is 1. The van der Waals surface area contributed by atoms with Crippen molar-refractivity contribution in [3.8, 4) is 0 Å². The summed E-state index contributed by atoms with van der Waals surface area (Å²) >= 11 is 3.37. The maximum atomic E-state index is 12.3. The minimum absolute atomic E-state index is 0.0231. The van der Waals surface area contributed by atoms with E-state index in [1.54, 1.807) is 19.1 Å². The van der Waals surface area contributed by atoms with Crippen LogP contribution in [0.2, 0.25) is 0 Å². The van der Waals surface area contributed by atoms with Crippen LogP contribution in [0.5, 0.6) is 0 Å². The van der Waals surface area contributed by atoms with Crippen LogP contribution in [0.4, 0.5) is 5.69 Å². The number of carbonyl (C=O) groups excluding carboxylic acids is 2. The Labute approximate surface area is 182 Å². The Morgan fingerprint density at radius 3 is 2.60 bits per heavy atom. The number of rotatable bonds is 6. The molecule has 3 rings (SSSR count). The Morgan fingerprint density at radius 2 is 1.90 bits per heavy atom. The van der Waals surface area contributed by atoms with Gasteiger partial charge < -0.3 is 14.5 Å². The third-order valence-corrected chi connectivity index (χ3v) is 6.62. The second kappa shape index (κ2) is 8.58. The quantitative estimate of drug-likeness (QED) is 0.525. The molecule has 30 heavy (non-hydrogen) atoms. The molecule has 0 bridgehead atoms. The summed E-state index contributed by atoms with van der Waals surface area (Å²) < 4.78 is 36.9. The number of amides is 1. The molecule has 2 aromatic carbocycles. The highest BCUT2D eigenvalue weighted by Crippen LogP contribution is 2.28. The Morgan fingerprint density at radius 1 is 1.17 bits per heavy atom. The summed E-state index contributed by atoms with van der Waals surface area (Å²) in [5.74, 6) is -1.35. The van der Waals surface area contributed by atoms with Crippen molar-refractivity contribution in [2.75, 3.05) is 26.0 Å². The third kappa shape index (κ3) is 4.55. The molecule has 0 saturated carbocycles. The number of furan rings is 1. The standard InChI is InChI=1S/C20H19BrN2O6S/c1-12-16-9-13(21)7-8-17(16)29-19(12)20(25)28-11-18(24)22-14-5-4-6-15(10-14)30(26,27)23(2)3/h4-10H,11H2,1-3H3,(H,22,24). The Bertz CT molecular complexity index is 1230. The number of hydrogen-bond acceptors (Lipinski definition) is 6. The van der Waals surface area contributed by atoms with Gasteiger partial charge in [-0.15, -0.1) is 0 Å². The highest BCUT2D eigenvalue weighted by Gasteiger charge is 2.21. The van der Waals surface area contributed by atoms with Gasteiger partial charge in [0.15, 0.2) is 6.61 Å². The van der Waals surface area contributed by atoms with Crippen LogP contribution in [0.1, 0.15) is 16.1 Å². The lowest BCUT2D eigenvalue weighted by Crippen LogP contribution is -2.23. The number of hydrogen-bond donors (Lipinski definition) is 1. The molecule has 0 aliphatic heterocycles. The van der Waals surface area contributed by atoms with Crippen molar-refractivity contribution >= 4 is 54.5 Å². The van der Waals surface area contributed by atoms with Gasteiger partial charge in [-0.2, -0.15) is 0 Å². The summed E-state index contributed by atoms with van der Waals surface area (Å²) in [5, 5.41) is 3.28. The zero-order valence-electron chi connectivity index (χ0n) is 16.4. The monoisotopic (exact) mass is 494 g/mol. The second-order valence-electron chi connectivity index (χ2n) is 6.64. The predicted molar refractivity (Wildman–Crippen MR) is 115 cm³/mol. The minimum atomic E-state index is -3.64. The molecule has 8 nitrogen and oxygen atoms in total. The van der Waals surface area contributed by atoms with Crippen molar-refractivity contribution in [2.24, 2.45) is 0 Å². The SMILES string of the molecule is Cc1c(C(=O)OCC(=O)Nc2cccc(S(=O)(=O)N(C)C)c2)oc2ccc(Br)cc12. The average molecular weight is 495 g/mol. The van der Waals surface area contributed by atoms with Gasteiger partial charge in [-0.25, -0.2) is 17.5 Å². The lowest BCUT2D eigenvalue weighted by Gasteiger charge is -2.12. The van der Waals surface area contributed by atoms with Crippen LogP contribution in [0.15, 0.2) is 56.2 Å². The number of sulfonamides is 1. The van der Waals surface area contributed by atoms with Gasteiger partial charge in [-0.1, -0.05) is 22.0 Å². The van der Waals surface area contributed by atoms with Gasteiger partial charge in [0, 0.05) is 35.2 Å². The molecule has 0 aliphatic carbocycles. The number of carbonyl (C=O) groups is 2. The van der Waals surface area contributed by atoms with Gasteiger partial charge in [-0.3, -0.25) is 4.79 Å². The first-order valence-electron chi connectivity index (χ1n) is 8.78. The zero-order valence-corrected chi connectivity index (χ0v) is 18.8. The fraction of sp³-hybridized carbons (Fsp3) is 0.200. The summed E-state index contributed by atoms with van der Waals surface area (Å²) in [4.78, 5) is 24.5. The Balaban J connectivity index is 1.67. The molecule has 1 N–H and O–H groups in total. The lowest BCUT2D eigenvalue weighted by molar-refractivity contribution is -0.119. The fourth-order valence-corrected chi connectivity index (χ4v) is 4.04. The minimum Gasteiger partial charge on any atom is -0.450 e. The number of anilines is 1. The topological polar surface area (TPSA) is 106 Å². The lowest BCUT2D eigenvalue weighted by atomic mass is 10.1. The molecule has 1 heterocycles. The molecule has 0 radical (unpaired) electrons. The number of ether oxygens (including phenoxy) is 1. The largest absolute Gasteiger partial charge is 0.450 e. The summed E-state index contributed by atoms with van der Waals surface area (Å²) in [5.41, 5.74) is 1.41. The molecule has 0 saturated heterocycles. The summed E-state index contributed by atoms with van der Waals surface area (Å²) in [6.07, 6.45) is 0. The highest BCUT2D eigenvalue weighted by atomic mass is 79.9. The van der Waals surface area contributed by atoms with Gasteiger partial charge in [-0.05, 0) is 43.3 Å². The van der Waals surface area contributed by atoms with Gasteiger partial charge >= 0.3 is 5.97 Å². The van der Waals surface area contributed by atoms with E-state index in [9.17, 15) is 18.0 Å². The molecule has 0 atom stereocenters. The van der Waals surface area contributed by atoms with Crippen molar-refractivity contribution in [2.45, 2.75) is 11.8 Å². The smallest absolute Gasteiger partial charge is 0.375 e. The van der Waals surface area contributed by atoms with E-state index in [1.807, 2.05) is 6.07 Å². The highest BCUT2D eigenvalue weighted by molar-refractivity contribution is 9.10. The van der Waals surface area contributed by atoms with Gasteiger partial charge in [0.2, 0.25) is 15.8 Å². The summed E-state index contributed by atoms with van der Waals surface area (Å²) in [6.45, 7) is 1.18. The third-order valence-electron chi connectivity index (χ3n) is 4.31. The van der Waals surface area contributed by atoms with Crippen molar-refractivity contribution in [3.63, 3.8) is 0 Å². The first-order chi connectivity index (χ1) is 14.1. The van der Waals surface area contributed by atoms with Crippen LogP contribution in [-0.4, -0.2) is 45.3 Å². The van der Waals surface area contributed by atoms with Crippen LogP contribution in [0.25, 0.3) is 11.0 Å². The molecule has 1 amide bonds. The van der Waals surface area contributed by atoms with Crippen LogP contribution in [0.3, 0.4) is 0 Å². The summed E-state index contributed by atoms with van der Waals surface area (Å²) in [6, 6.07) is 11.1. The van der Waals surface area contributed by atoms with Crippen molar-refractivity contribution < 1.29 is 27.2 Å². The van der Waals surface area contributed by atoms with Crippen LogP contribution in [-0.2, 0) is 19.6 Å². The van der Waals surface area contributed by atoms with E-state index in [4.69, 9.17) is 9.15 Å². The molecular weight excluding hydrogens is 476 g/mol. The average Bonchev–Trinajstić information content (AvgIpc) is 3.02. The summed E-state index contributed by atoms with van der Waals surface area (Å²) in [7, 11) is -0.806. The number of esters is 1. The zero-order chi connectivity index (χ0) is 22.1. The van der Waals surface area contributed by atoms with E-state index >= 15 is 0 Å².